The second kappa shape index (κ2) is 6.19. The smallest absolute Gasteiger partial charge is 0.124 e. The number of likely N-dealkylation sites (tertiary alicyclic amines) is 1. The maximum Gasteiger partial charge on any atom is 0.124 e. The number of hydrogen-bond acceptors (Lipinski definition) is 3. The van der Waals surface area contributed by atoms with Crippen LogP contribution < -0.4 is 0 Å². The zero-order valence-corrected chi connectivity index (χ0v) is 13.5. The van der Waals surface area contributed by atoms with E-state index < -0.39 is 0 Å². The van der Waals surface area contributed by atoms with Crippen LogP contribution in [0.3, 0.4) is 0 Å². The Balaban J connectivity index is 1.53. The topological polar surface area (TPSA) is 16.1 Å². The summed E-state index contributed by atoms with van der Waals surface area (Å²) < 4.78 is 1.26. The third-order valence-electron chi connectivity index (χ3n) is 4.35. The summed E-state index contributed by atoms with van der Waals surface area (Å²) in [5, 5.41) is 1.12. The highest BCUT2D eigenvalue weighted by Gasteiger charge is 2.11. The molecule has 3 heteroatoms. The van der Waals surface area contributed by atoms with Crippen molar-refractivity contribution in [1.82, 2.24) is 9.88 Å². The molecule has 1 aromatic heterocycles. The molecule has 0 unspecified atom stereocenters. The van der Waals surface area contributed by atoms with Crippen molar-refractivity contribution in [3.05, 3.63) is 54.1 Å². The highest BCUT2D eigenvalue weighted by Crippen LogP contribution is 2.30. The lowest BCUT2D eigenvalue weighted by Gasteiger charge is -2.26. The number of fused-ring (bicyclic) bond motifs is 1. The van der Waals surface area contributed by atoms with Crippen molar-refractivity contribution in [2.75, 3.05) is 13.1 Å². The Morgan fingerprint density at radius 3 is 2.45 bits per heavy atom. The van der Waals surface area contributed by atoms with E-state index in [0.717, 1.165) is 17.1 Å². The van der Waals surface area contributed by atoms with Crippen LogP contribution in [0.5, 0.6) is 0 Å². The molecule has 0 saturated carbocycles. The third-order valence-corrected chi connectivity index (χ3v) is 5.44. The molecular formula is C19H20N2S. The minimum atomic E-state index is 1.08. The molecule has 4 rings (SSSR count). The average Bonchev–Trinajstić information content (AvgIpc) is 3.00. The van der Waals surface area contributed by atoms with Gasteiger partial charge in [-0.15, -0.1) is 11.3 Å². The SMILES string of the molecule is c1ccc2sc(-c3ccc(CN4CCCCC4)cc3)nc2c1. The van der Waals surface area contributed by atoms with Gasteiger partial charge in [0.15, 0.2) is 0 Å². The number of para-hydroxylation sites is 1. The van der Waals surface area contributed by atoms with Crippen LogP contribution in [0, 0.1) is 0 Å². The van der Waals surface area contributed by atoms with Crippen LogP contribution >= 0.6 is 11.3 Å². The van der Waals surface area contributed by atoms with E-state index in [1.54, 1.807) is 11.3 Å². The van der Waals surface area contributed by atoms with E-state index in [0.29, 0.717) is 0 Å². The molecule has 0 atom stereocenters. The Bertz CT molecular complexity index is 721. The first-order valence-corrected chi connectivity index (χ1v) is 8.87. The van der Waals surface area contributed by atoms with Crippen LogP contribution in [-0.4, -0.2) is 23.0 Å². The van der Waals surface area contributed by atoms with E-state index in [4.69, 9.17) is 4.98 Å². The number of hydrogen-bond donors (Lipinski definition) is 0. The third kappa shape index (κ3) is 2.92. The molecule has 0 aliphatic carbocycles. The van der Waals surface area contributed by atoms with Gasteiger partial charge in [-0.25, -0.2) is 4.98 Å². The molecule has 1 aliphatic heterocycles. The van der Waals surface area contributed by atoms with E-state index >= 15 is 0 Å². The standard InChI is InChI=1S/C19H20N2S/c1-4-12-21(13-5-1)14-15-8-10-16(11-9-15)19-20-17-6-2-3-7-18(17)22-19/h2-3,6-11H,1,4-5,12-14H2. The molecule has 2 nitrogen and oxygen atoms in total. The Labute approximate surface area is 135 Å². The van der Waals surface area contributed by atoms with Gasteiger partial charge < -0.3 is 0 Å². The fourth-order valence-corrected chi connectivity index (χ4v) is 4.10. The lowest BCUT2D eigenvalue weighted by molar-refractivity contribution is 0.221. The predicted molar refractivity (Wildman–Crippen MR) is 94.2 cm³/mol. The van der Waals surface area contributed by atoms with Gasteiger partial charge in [-0.05, 0) is 43.6 Å². The summed E-state index contributed by atoms with van der Waals surface area (Å²) in [6.07, 6.45) is 4.10. The van der Waals surface area contributed by atoms with E-state index in [9.17, 15) is 0 Å². The molecule has 1 saturated heterocycles. The van der Waals surface area contributed by atoms with Gasteiger partial charge in [-0.3, -0.25) is 4.90 Å². The van der Waals surface area contributed by atoms with E-state index in [2.05, 4.69) is 47.4 Å². The van der Waals surface area contributed by atoms with Gasteiger partial charge in [0.1, 0.15) is 5.01 Å². The second-order valence-corrected chi connectivity index (χ2v) is 7.05. The van der Waals surface area contributed by atoms with Crippen LogP contribution in [0.15, 0.2) is 48.5 Å². The fraction of sp³-hybridized carbons (Fsp3) is 0.316. The number of rotatable bonds is 3. The Morgan fingerprint density at radius 1 is 0.909 bits per heavy atom. The highest BCUT2D eigenvalue weighted by molar-refractivity contribution is 7.21. The minimum Gasteiger partial charge on any atom is -0.299 e. The summed E-state index contributed by atoms with van der Waals surface area (Å²) in [7, 11) is 0. The zero-order valence-electron chi connectivity index (χ0n) is 12.7. The monoisotopic (exact) mass is 308 g/mol. The number of piperidine rings is 1. The van der Waals surface area contributed by atoms with Gasteiger partial charge in [0.2, 0.25) is 0 Å². The summed E-state index contributed by atoms with van der Waals surface area (Å²) in [5.74, 6) is 0. The molecule has 3 aromatic rings. The minimum absolute atomic E-state index is 1.08. The first-order chi connectivity index (χ1) is 10.9. The summed E-state index contributed by atoms with van der Waals surface area (Å²) in [5.41, 5.74) is 3.73. The van der Waals surface area contributed by atoms with Crippen LogP contribution in [0.2, 0.25) is 0 Å². The van der Waals surface area contributed by atoms with Crippen LogP contribution in [0.4, 0.5) is 0 Å². The van der Waals surface area contributed by atoms with E-state index in [-0.39, 0.29) is 0 Å². The number of benzene rings is 2. The first-order valence-electron chi connectivity index (χ1n) is 8.06. The van der Waals surface area contributed by atoms with Crippen molar-refractivity contribution in [3.8, 4) is 10.6 Å². The van der Waals surface area contributed by atoms with Gasteiger partial charge >= 0.3 is 0 Å². The molecule has 0 amide bonds. The molecule has 2 heterocycles. The molecule has 22 heavy (non-hydrogen) atoms. The number of thiazole rings is 1. The van der Waals surface area contributed by atoms with Crippen molar-refractivity contribution in [2.24, 2.45) is 0 Å². The van der Waals surface area contributed by atoms with E-state index in [1.165, 1.54) is 48.2 Å². The normalized spacial score (nSPS) is 16.2. The molecule has 0 radical (unpaired) electrons. The van der Waals surface area contributed by atoms with Crippen molar-refractivity contribution in [1.29, 1.82) is 0 Å². The Morgan fingerprint density at radius 2 is 1.68 bits per heavy atom. The van der Waals surface area contributed by atoms with E-state index in [1.807, 2.05) is 6.07 Å². The molecule has 2 aromatic carbocycles. The molecule has 1 aliphatic rings. The average molecular weight is 308 g/mol. The summed E-state index contributed by atoms with van der Waals surface area (Å²) in [6, 6.07) is 17.3. The summed E-state index contributed by atoms with van der Waals surface area (Å²) >= 11 is 1.77. The highest BCUT2D eigenvalue weighted by atomic mass is 32.1. The molecule has 0 bridgehead atoms. The van der Waals surface area contributed by atoms with Crippen molar-refractivity contribution in [2.45, 2.75) is 25.8 Å². The zero-order chi connectivity index (χ0) is 14.8. The maximum atomic E-state index is 4.74. The molecular weight excluding hydrogens is 288 g/mol. The molecule has 0 N–H and O–H groups in total. The molecule has 1 fully saturated rings. The number of nitrogens with zero attached hydrogens (tertiary/aromatic N) is 2. The first kappa shape index (κ1) is 13.9. The van der Waals surface area contributed by atoms with Gasteiger partial charge in [0, 0.05) is 12.1 Å². The largest absolute Gasteiger partial charge is 0.299 e. The van der Waals surface area contributed by atoms with Crippen molar-refractivity contribution in [3.63, 3.8) is 0 Å². The van der Waals surface area contributed by atoms with Crippen LogP contribution in [0.25, 0.3) is 20.8 Å². The Hall–Kier alpha value is -1.71. The Kier molecular flexibility index (Phi) is 3.92. The van der Waals surface area contributed by atoms with Crippen LogP contribution in [0.1, 0.15) is 24.8 Å². The van der Waals surface area contributed by atoms with Crippen molar-refractivity contribution >= 4 is 21.6 Å². The van der Waals surface area contributed by atoms with Crippen LogP contribution in [-0.2, 0) is 6.54 Å². The molecule has 112 valence electrons. The predicted octanol–water partition coefficient (Wildman–Crippen LogP) is 4.95. The lowest BCUT2D eigenvalue weighted by Crippen LogP contribution is -2.28. The van der Waals surface area contributed by atoms with Gasteiger partial charge in [-0.2, -0.15) is 0 Å². The maximum absolute atomic E-state index is 4.74. The van der Waals surface area contributed by atoms with Crippen molar-refractivity contribution < 1.29 is 0 Å². The van der Waals surface area contributed by atoms with Gasteiger partial charge in [-0.1, -0.05) is 42.8 Å². The molecule has 0 spiro atoms. The summed E-state index contributed by atoms with van der Waals surface area (Å²) in [4.78, 5) is 7.30. The summed E-state index contributed by atoms with van der Waals surface area (Å²) in [6.45, 7) is 3.58. The lowest BCUT2D eigenvalue weighted by atomic mass is 10.1. The van der Waals surface area contributed by atoms with Gasteiger partial charge in [0.05, 0.1) is 10.2 Å². The fourth-order valence-electron chi connectivity index (χ4n) is 3.12. The number of aromatic nitrogens is 1. The van der Waals surface area contributed by atoms with Gasteiger partial charge in [0.25, 0.3) is 0 Å². The second-order valence-electron chi connectivity index (χ2n) is 6.02. The quantitative estimate of drug-likeness (QED) is 0.680.